The highest BCUT2D eigenvalue weighted by Crippen LogP contribution is 2.20. The van der Waals surface area contributed by atoms with E-state index in [1.165, 1.54) is 0 Å². The summed E-state index contributed by atoms with van der Waals surface area (Å²) in [6.45, 7) is 3.60. The SMILES string of the molecule is Cc1c(N[C@@H](C)C(=O)Nc2ccc3ccccc3c2)c(=O)n(-c2ccccc2)n1C. The first kappa shape index (κ1) is 19.5. The van der Waals surface area contributed by atoms with E-state index in [-0.39, 0.29) is 11.5 Å². The minimum Gasteiger partial charge on any atom is -0.368 e. The maximum absolute atomic E-state index is 13.0. The molecule has 30 heavy (non-hydrogen) atoms. The van der Waals surface area contributed by atoms with Crippen molar-refractivity contribution in [3.05, 3.63) is 88.8 Å². The van der Waals surface area contributed by atoms with Gasteiger partial charge in [0.1, 0.15) is 11.7 Å². The number of amides is 1. The van der Waals surface area contributed by atoms with Gasteiger partial charge in [-0.25, -0.2) is 4.68 Å². The number of fused-ring (bicyclic) bond motifs is 1. The second kappa shape index (κ2) is 7.91. The predicted octanol–water partition coefficient (Wildman–Crippen LogP) is 4.08. The number of para-hydroxylation sites is 1. The number of anilines is 2. The summed E-state index contributed by atoms with van der Waals surface area (Å²) in [7, 11) is 1.83. The van der Waals surface area contributed by atoms with Crippen LogP contribution in [0.1, 0.15) is 12.6 Å². The molecule has 152 valence electrons. The summed E-state index contributed by atoms with van der Waals surface area (Å²) in [5.74, 6) is -0.209. The number of carbonyl (C=O) groups excluding carboxylic acids is 1. The molecule has 1 aromatic heterocycles. The van der Waals surface area contributed by atoms with Gasteiger partial charge in [-0.1, -0.05) is 48.5 Å². The van der Waals surface area contributed by atoms with Crippen molar-refractivity contribution >= 4 is 28.1 Å². The highest BCUT2D eigenvalue weighted by molar-refractivity contribution is 5.98. The van der Waals surface area contributed by atoms with Crippen molar-refractivity contribution in [3.8, 4) is 5.69 Å². The Bertz CT molecular complexity index is 1270. The Morgan fingerprint density at radius 3 is 2.33 bits per heavy atom. The number of hydrogen-bond acceptors (Lipinski definition) is 3. The third kappa shape index (κ3) is 3.59. The van der Waals surface area contributed by atoms with Crippen LogP contribution in [0.5, 0.6) is 0 Å². The Balaban J connectivity index is 1.55. The first-order chi connectivity index (χ1) is 14.5. The van der Waals surface area contributed by atoms with Crippen molar-refractivity contribution in [1.29, 1.82) is 0 Å². The Morgan fingerprint density at radius 1 is 0.933 bits per heavy atom. The molecule has 0 fully saturated rings. The van der Waals surface area contributed by atoms with Crippen molar-refractivity contribution in [2.75, 3.05) is 10.6 Å². The van der Waals surface area contributed by atoms with E-state index in [1.54, 1.807) is 16.3 Å². The third-order valence-corrected chi connectivity index (χ3v) is 5.33. The van der Waals surface area contributed by atoms with E-state index < -0.39 is 6.04 Å². The van der Waals surface area contributed by atoms with E-state index in [2.05, 4.69) is 10.6 Å². The molecular weight excluding hydrogens is 376 g/mol. The highest BCUT2D eigenvalue weighted by Gasteiger charge is 2.20. The molecule has 4 aromatic rings. The number of carbonyl (C=O) groups is 1. The second-order valence-electron chi connectivity index (χ2n) is 7.35. The fourth-order valence-electron chi connectivity index (χ4n) is 3.53. The largest absolute Gasteiger partial charge is 0.368 e. The molecule has 6 heteroatoms. The van der Waals surface area contributed by atoms with Gasteiger partial charge in [-0.3, -0.25) is 14.3 Å². The Morgan fingerprint density at radius 2 is 1.60 bits per heavy atom. The molecule has 0 unspecified atom stereocenters. The number of aromatic nitrogens is 2. The van der Waals surface area contributed by atoms with E-state index in [0.717, 1.165) is 27.8 Å². The summed E-state index contributed by atoms with van der Waals surface area (Å²) in [5, 5.41) is 8.20. The van der Waals surface area contributed by atoms with Gasteiger partial charge in [0.05, 0.1) is 11.4 Å². The van der Waals surface area contributed by atoms with E-state index in [0.29, 0.717) is 5.69 Å². The molecule has 2 N–H and O–H groups in total. The lowest BCUT2D eigenvalue weighted by Crippen LogP contribution is -2.34. The van der Waals surface area contributed by atoms with Crippen LogP contribution in [-0.4, -0.2) is 21.3 Å². The van der Waals surface area contributed by atoms with Gasteiger partial charge in [0.2, 0.25) is 5.91 Å². The average Bonchev–Trinajstić information content (AvgIpc) is 2.97. The summed E-state index contributed by atoms with van der Waals surface area (Å²) in [4.78, 5) is 25.8. The lowest BCUT2D eigenvalue weighted by Gasteiger charge is -2.14. The van der Waals surface area contributed by atoms with Gasteiger partial charge in [-0.2, -0.15) is 0 Å². The number of benzene rings is 3. The molecule has 1 amide bonds. The highest BCUT2D eigenvalue weighted by atomic mass is 16.2. The number of hydrogen-bond donors (Lipinski definition) is 2. The molecule has 0 radical (unpaired) electrons. The summed E-state index contributed by atoms with van der Waals surface area (Å²) >= 11 is 0. The van der Waals surface area contributed by atoms with Crippen LogP contribution in [0.2, 0.25) is 0 Å². The summed E-state index contributed by atoms with van der Waals surface area (Å²) in [6.07, 6.45) is 0. The molecule has 6 nitrogen and oxygen atoms in total. The normalized spacial score (nSPS) is 12.0. The van der Waals surface area contributed by atoms with E-state index in [1.807, 2.05) is 86.8 Å². The van der Waals surface area contributed by atoms with Crippen LogP contribution in [0.3, 0.4) is 0 Å². The van der Waals surface area contributed by atoms with E-state index >= 15 is 0 Å². The van der Waals surface area contributed by atoms with Gasteiger partial charge in [-0.15, -0.1) is 0 Å². The molecule has 1 atom stereocenters. The molecule has 0 aliphatic carbocycles. The van der Waals surface area contributed by atoms with Crippen LogP contribution >= 0.6 is 0 Å². The van der Waals surface area contributed by atoms with Gasteiger partial charge in [0.25, 0.3) is 5.56 Å². The Kier molecular flexibility index (Phi) is 5.14. The Hall–Kier alpha value is -3.80. The fraction of sp³-hybridized carbons (Fsp3) is 0.167. The molecule has 0 aliphatic heterocycles. The minimum atomic E-state index is -0.588. The molecule has 0 aliphatic rings. The van der Waals surface area contributed by atoms with E-state index in [9.17, 15) is 9.59 Å². The van der Waals surface area contributed by atoms with E-state index in [4.69, 9.17) is 0 Å². The standard InChI is InChI=1S/C24H24N4O2/c1-16(23(29)26-20-14-13-18-9-7-8-10-19(18)15-20)25-22-17(2)27(3)28(24(22)30)21-11-5-4-6-12-21/h4-16,25H,1-3H3,(H,26,29)/t16-/m0/s1. The average molecular weight is 400 g/mol. The lowest BCUT2D eigenvalue weighted by atomic mass is 10.1. The molecule has 0 saturated carbocycles. The number of nitrogens with zero attached hydrogens (tertiary/aromatic N) is 2. The molecule has 0 bridgehead atoms. The number of nitrogens with one attached hydrogen (secondary N) is 2. The van der Waals surface area contributed by atoms with Gasteiger partial charge in [0, 0.05) is 12.7 Å². The zero-order valence-electron chi connectivity index (χ0n) is 17.2. The van der Waals surface area contributed by atoms with Crippen molar-refractivity contribution < 1.29 is 4.79 Å². The molecule has 1 heterocycles. The molecule has 3 aromatic carbocycles. The van der Waals surface area contributed by atoms with Gasteiger partial charge >= 0.3 is 0 Å². The van der Waals surface area contributed by atoms with Gasteiger partial charge in [-0.05, 0) is 48.9 Å². The van der Waals surface area contributed by atoms with Crippen molar-refractivity contribution in [1.82, 2.24) is 9.36 Å². The Labute approximate surface area is 174 Å². The monoisotopic (exact) mass is 400 g/mol. The van der Waals surface area contributed by atoms with Crippen LogP contribution in [0.15, 0.2) is 77.6 Å². The van der Waals surface area contributed by atoms with Crippen LogP contribution < -0.4 is 16.2 Å². The second-order valence-corrected chi connectivity index (χ2v) is 7.35. The molecule has 4 rings (SSSR count). The van der Waals surface area contributed by atoms with Gasteiger partial charge < -0.3 is 10.6 Å². The minimum absolute atomic E-state index is 0.188. The van der Waals surface area contributed by atoms with Crippen LogP contribution in [0.4, 0.5) is 11.4 Å². The zero-order chi connectivity index (χ0) is 21.3. The first-order valence-corrected chi connectivity index (χ1v) is 9.86. The summed E-state index contributed by atoms with van der Waals surface area (Å²) in [6, 6.07) is 22.6. The smallest absolute Gasteiger partial charge is 0.295 e. The fourth-order valence-corrected chi connectivity index (χ4v) is 3.53. The van der Waals surface area contributed by atoms with Crippen molar-refractivity contribution in [2.24, 2.45) is 7.05 Å². The molecular formula is C24H24N4O2. The maximum atomic E-state index is 13.0. The maximum Gasteiger partial charge on any atom is 0.295 e. The quantitative estimate of drug-likeness (QED) is 0.530. The zero-order valence-corrected chi connectivity index (χ0v) is 17.2. The van der Waals surface area contributed by atoms with Gasteiger partial charge in [0.15, 0.2) is 0 Å². The predicted molar refractivity (Wildman–Crippen MR) is 121 cm³/mol. The summed E-state index contributed by atoms with van der Waals surface area (Å²) in [5.41, 5.74) is 2.48. The van der Waals surface area contributed by atoms with Crippen LogP contribution in [-0.2, 0) is 11.8 Å². The van der Waals surface area contributed by atoms with Crippen LogP contribution in [0, 0.1) is 6.92 Å². The lowest BCUT2D eigenvalue weighted by molar-refractivity contribution is -0.116. The van der Waals surface area contributed by atoms with Crippen LogP contribution in [0.25, 0.3) is 16.5 Å². The topological polar surface area (TPSA) is 68.1 Å². The third-order valence-electron chi connectivity index (χ3n) is 5.33. The number of rotatable bonds is 5. The first-order valence-electron chi connectivity index (χ1n) is 9.86. The van der Waals surface area contributed by atoms with Crippen molar-refractivity contribution in [3.63, 3.8) is 0 Å². The molecule has 0 saturated heterocycles. The summed E-state index contributed by atoms with van der Waals surface area (Å²) < 4.78 is 3.37. The molecule has 0 spiro atoms. The van der Waals surface area contributed by atoms with Crippen molar-refractivity contribution in [2.45, 2.75) is 19.9 Å².